The molecule has 2 amide bonds. The molecule has 8 heteroatoms. The van der Waals surface area contributed by atoms with Gasteiger partial charge in [0.05, 0.1) is 0 Å². The van der Waals surface area contributed by atoms with Crippen molar-refractivity contribution >= 4 is 18.0 Å². The Labute approximate surface area is 200 Å². The molecule has 0 fully saturated rings. The lowest BCUT2D eigenvalue weighted by Gasteiger charge is -2.24. The molecule has 3 N–H and O–H groups in total. The second-order valence-electron chi connectivity index (χ2n) is 9.31. The lowest BCUT2D eigenvalue weighted by atomic mass is 9.98. The first-order valence-electron chi connectivity index (χ1n) is 11.5. The number of hydrogen-bond acceptors (Lipinski definition) is 5. The van der Waals surface area contributed by atoms with E-state index in [4.69, 9.17) is 4.74 Å². The highest BCUT2D eigenvalue weighted by atomic mass is 16.5. The maximum atomic E-state index is 12.8. The number of carboxylic acids is 1. The molecule has 34 heavy (non-hydrogen) atoms. The van der Waals surface area contributed by atoms with Crippen molar-refractivity contribution in [1.82, 2.24) is 15.5 Å². The van der Waals surface area contributed by atoms with Gasteiger partial charge in [0.15, 0.2) is 0 Å². The lowest BCUT2D eigenvalue weighted by Crippen LogP contribution is -2.55. The molecule has 0 bridgehead atoms. The van der Waals surface area contributed by atoms with Gasteiger partial charge in [0.1, 0.15) is 18.7 Å². The number of carboxylic acid groups (broad SMARTS) is 1. The van der Waals surface area contributed by atoms with Gasteiger partial charge >= 0.3 is 12.1 Å². The maximum absolute atomic E-state index is 12.8. The molecule has 0 saturated carbocycles. The van der Waals surface area contributed by atoms with Gasteiger partial charge in [-0.25, -0.2) is 9.59 Å². The third kappa shape index (κ3) is 6.14. The molecular formula is C26H33N3O5. The molecule has 1 aliphatic carbocycles. The molecule has 0 spiro atoms. The number of alkyl carbamates (subject to hydrolysis) is 1. The minimum absolute atomic E-state index is 0.0868. The fraction of sp³-hybridized carbons (Fsp3) is 0.423. The number of hydrogen-bond donors (Lipinski definition) is 3. The largest absolute Gasteiger partial charge is 0.480 e. The Hall–Kier alpha value is -3.39. The number of amides is 2. The number of fused-ring (bicyclic) bond motifs is 3. The second-order valence-corrected chi connectivity index (χ2v) is 9.31. The Morgan fingerprint density at radius 1 is 0.941 bits per heavy atom. The van der Waals surface area contributed by atoms with Crippen molar-refractivity contribution in [2.45, 2.75) is 38.3 Å². The summed E-state index contributed by atoms with van der Waals surface area (Å²) in [6.07, 6.45) is -0.430. The zero-order valence-electron chi connectivity index (χ0n) is 20.1. The fourth-order valence-corrected chi connectivity index (χ4v) is 4.31. The van der Waals surface area contributed by atoms with Crippen molar-refractivity contribution in [3.05, 3.63) is 59.7 Å². The van der Waals surface area contributed by atoms with Gasteiger partial charge in [-0.05, 0) is 48.7 Å². The predicted molar refractivity (Wildman–Crippen MR) is 130 cm³/mol. The molecule has 2 atom stereocenters. The molecule has 0 radical (unpaired) electrons. The normalized spacial score (nSPS) is 14.3. The van der Waals surface area contributed by atoms with Crippen molar-refractivity contribution in [3.8, 4) is 11.1 Å². The molecule has 1 aliphatic rings. The van der Waals surface area contributed by atoms with Gasteiger partial charge in [-0.2, -0.15) is 0 Å². The van der Waals surface area contributed by atoms with E-state index in [-0.39, 0.29) is 25.0 Å². The Kier molecular flexibility index (Phi) is 8.28. The van der Waals surface area contributed by atoms with Crippen LogP contribution in [0.4, 0.5) is 4.79 Å². The smallest absolute Gasteiger partial charge is 0.407 e. The van der Waals surface area contributed by atoms with Crippen LogP contribution in [0.1, 0.15) is 37.3 Å². The molecule has 0 heterocycles. The van der Waals surface area contributed by atoms with Crippen LogP contribution in [0.3, 0.4) is 0 Å². The average Bonchev–Trinajstić information content (AvgIpc) is 3.10. The number of carbonyl (C=O) groups excluding carboxylic acids is 2. The van der Waals surface area contributed by atoms with Gasteiger partial charge in [-0.15, -0.1) is 0 Å². The highest BCUT2D eigenvalue weighted by Crippen LogP contribution is 2.44. The summed E-state index contributed by atoms with van der Waals surface area (Å²) in [6, 6.07) is 14.1. The number of aliphatic carboxylic acids is 1. The molecule has 3 rings (SSSR count). The maximum Gasteiger partial charge on any atom is 0.407 e. The van der Waals surface area contributed by atoms with Crippen LogP contribution in [0.5, 0.6) is 0 Å². The number of rotatable bonds is 10. The van der Waals surface area contributed by atoms with Gasteiger partial charge in [0.2, 0.25) is 5.91 Å². The van der Waals surface area contributed by atoms with E-state index in [0.717, 1.165) is 22.3 Å². The molecule has 0 saturated heterocycles. The number of ether oxygens (including phenoxy) is 1. The van der Waals surface area contributed by atoms with Crippen LogP contribution in [-0.2, 0) is 14.3 Å². The summed E-state index contributed by atoms with van der Waals surface area (Å²) < 4.78 is 5.55. The number of nitrogens with one attached hydrogen (secondary N) is 2. The van der Waals surface area contributed by atoms with E-state index in [2.05, 4.69) is 22.8 Å². The van der Waals surface area contributed by atoms with Crippen LogP contribution in [0.2, 0.25) is 0 Å². The van der Waals surface area contributed by atoms with Crippen molar-refractivity contribution < 1.29 is 24.2 Å². The molecular weight excluding hydrogens is 434 g/mol. The van der Waals surface area contributed by atoms with E-state index in [1.54, 1.807) is 19.0 Å². The summed E-state index contributed by atoms with van der Waals surface area (Å²) in [5.41, 5.74) is 4.44. The van der Waals surface area contributed by atoms with Gasteiger partial charge < -0.3 is 25.4 Å². The van der Waals surface area contributed by atoms with Crippen LogP contribution in [0, 0.1) is 5.92 Å². The van der Waals surface area contributed by atoms with Crippen molar-refractivity contribution in [1.29, 1.82) is 0 Å². The Morgan fingerprint density at radius 2 is 1.50 bits per heavy atom. The lowest BCUT2D eigenvalue weighted by molar-refractivity contribution is -0.142. The zero-order valence-corrected chi connectivity index (χ0v) is 20.1. The first-order chi connectivity index (χ1) is 16.2. The monoisotopic (exact) mass is 467 g/mol. The van der Waals surface area contributed by atoms with Crippen LogP contribution in [0.25, 0.3) is 11.1 Å². The van der Waals surface area contributed by atoms with Crippen LogP contribution >= 0.6 is 0 Å². The second kappa shape index (κ2) is 11.2. The SMILES string of the molecule is CC(C)C[C@H](NC(=O)C(CN(C)C)NC(=O)OCC1c2ccccc2-c2ccccc21)C(=O)O. The Balaban J connectivity index is 1.66. The Morgan fingerprint density at radius 3 is 2.00 bits per heavy atom. The summed E-state index contributed by atoms with van der Waals surface area (Å²) in [5, 5.41) is 14.6. The first-order valence-corrected chi connectivity index (χ1v) is 11.5. The average molecular weight is 468 g/mol. The number of nitrogens with zero attached hydrogens (tertiary/aromatic N) is 1. The van der Waals surface area contributed by atoms with Gasteiger partial charge in [0, 0.05) is 12.5 Å². The third-order valence-electron chi connectivity index (χ3n) is 5.82. The first kappa shape index (κ1) is 25.2. The highest BCUT2D eigenvalue weighted by molar-refractivity contribution is 5.89. The van der Waals surface area contributed by atoms with E-state index in [1.807, 2.05) is 50.2 Å². The minimum Gasteiger partial charge on any atom is -0.480 e. The summed E-state index contributed by atoms with van der Waals surface area (Å²) in [5.74, 6) is -1.67. The topological polar surface area (TPSA) is 108 Å². The summed E-state index contributed by atoms with van der Waals surface area (Å²) in [6.45, 7) is 4.09. The van der Waals surface area contributed by atoms with E-state index >= 15 is 0 Å². The Bertz CT molecular complexity index is 991. The molecule has 1 unspecified atom stereocenters. The molecule has 2 aromatic rings. The molecule has 0 aliphatic heterocycles. The zero-order chi connectivity index (χ0) is 24.8. The third-order valence-corrected chi connectivity index (χ3v) is 5.82. The summed E-state index contributed by atoms with van der Waals surface area (Å²) in [7, 11) is 3.53. The number of likely N-dealkylation sites (N-methyl/N-ethyl adjacent to an activating group) is 1. The van der Waals surface area contributed by atoms with E-state index in [1.165, 1.54) is 0 Å². The predicted octanol–water partition coefficient (Wildman–Crippen LogP) is 3.07. The van der Waals surface area contributed by atoms with Gasteiger partial charge in [0.25, 0.3) is 0 Å². The molecule has 0 aromatic heterocycles. The quantitative estimate of drug-likeness (QED) is 0.496. The molecule has 8 nitrogen and oxygen atoms in total. The van der Waals surface area contributed by atoms with E-state index < -0.39 is 30.1 Å². The van der Waals surface area contributed by atoms with Crippen molar-refractivity contribution in [2.75, 3.05) is 27.2 Å². The number of carbonyl (C=O) groups is 3. The van der Waals surface area contributed by atoms with E-state index in [9.17, 15) is 19.5 Å². The van der Waals surface area contributed by atoms with Gasteiger partial charge in [-0.1, -0.05) is 62.4 Å². The number of benzene rings is 2. The minimum atomic E-state index is -1.10. The van der Waals surface area contributed by atoms with Crippen molar-refractivity contribution in [2.24, 2.45) is 5.92 Å². The molecule has 2 aromatic carbocycles. The summed E-state index contributed by atoms with van der Waals surface area (Å²) >= 11 is 0. The fourth-order valence-electron chi connectivity index (χ4n) is 4.31. The van der Waals surface area contributed by atoms with Gasteiger partial charge in [-0.3, -0.25) is 4.79 Å². The van der Waals surface area contributed by atoms with Crippen LogP contribution in [-0.4, -0.2) is 67.3 Å². The van der Waals surface area contributed by atoms with Crippen LogP contribution < -0.4 is 10.6 Å². The van der Waals surface area contributed by atoms with E-state index in [0.29, 0.717) is 6.42 Å². The molecule has 182 valence electrons. The standard InChI is InChI=1S/C26H33N3O5/c1-16(2)13-22(25(31)32)27-24(30)23(14-29(3)4)28-26(33)34-15-21-19-11-7-5-9-17(19)18-10-6-8-12-20(18)21/h5-12,16,21-23H,13-15H2,1-4H3,(H,27,30)(H,28,33)(H,31,32)/t22-,23?/m0/s1. The van der Waals surface area contributed by atoms with Crippen LogP contribution in [0.15, 0.2) is 48.5 Å². The van der Waals surface area contributed by atoms with Crippen molar-refractivity contribution in [3.63, 3.8) is 0 Å². The highest BCUT2D eigenvalue weighted by Gasteiger charge is 2.31. The summed E-state index contributed by atoms with van der Waals surface area (Å²) in [4.78, 5) is 38.8.